The largest absolute Gasteiger partial charge is 0.471 e. The molecule has 0 spiro atoms. The molecular formula is C9H16NO4P. The molecule has 0 radical (unpaired) electrons. The van der Waals surface area contributed by atoms with Crippen LogP contribution in [0.1, 0.15) is 12.6 Å². The third-order valence-electron chi connectivity index (χ3n) is 1.55. The van der Waals surface area contributed by atoms with Gasteiger partial charge in [-0.15, -0.1) is 0 Å². The van der Waals surface area contributed by atoms with Crippen LogP contribution in [0.3, 0.4) is 0 Å². The van der Waals surface area contributed by atoms with Crippen molar-refractivity contribution in [2.24, 2.45) is 0 Å². The van der Waals surface area contributed by atoms with Crippen molar-refractivity contribution in [2.75, 3.05) is 14.2 Å². The van der Waals surface area contributed by atoms with Gasteiger partial charge in [-0.1, -0.05) is 13.0 Å². The first-order valence-electron chi connectivity index (χ1n) is 4.40. The topological polar surface area (TPSA) is 68.7 Å². The molecule has 0 bridgehead atoms. The number of rotatable bonds is 3. The van der Waals surface area contributed by atoms with Gasteiger partial charge in [0, 0.05) is 26.1 Å². The van der Waals surface area contributed by atoms with Crippen LogP contribution in [-0.2, 0) is 20.0 Å². The van der Waals surface area contributed by atoms with Crippen LogP contribution in [-0.4, -0.2) is 24.1 Å². The van der Waals surface area contributed by atoms with Gasteiger partial charge in [0.05, 0.1) is 0 Å². The Bertz CT molecular complexity index is 296. The first-order valence-corrected chi connectivity index (χ1v) is 5.89. The second-order valence-corrected chi connectivity index (χ2v) is 4.18. The Morgan fingerprint density at radius 1 is 1.40 bits per heavy atom. The first kappa shape index (κ1) is 14.3. The molecule has 6 heteroatoms. The highest BCUT2D eigenvalue weighted by Gasteiger charge is 2.13. The van der Waals surface area contributed by atoms with Gasteiger partial charge in [-0.3, -0.25) is 14.0 Å². The fourth-order valence-corrected chi connectivity index (χ4v) is 0.831. The zero-order valence-corrected chi connectivity index (χ0v) is 9.98. The molecule has 1 rings (SSSR count). The van der Waals surface area contributed by atoms with E-state index in [1.165, 1.54) is 0 Å². The molecule has 1 N–H and O–H groups in total. The second kappa shape index (κ2) is 7.54. The predicted octanol–water partition coefficient (Wildman–Crippen LogP) is 2.02. The van der Waals surface area contributed by atoms with E-state index in [1.54, 1.807) is 0 Å². The van der Waals surface area contributed by atoms with Gasteiger partial charge in [-0.2, -0.15) is 0 Å². The van der Waals surface area contributed by atoms with E-state index in [-0.39, 0.29) is 0 Å². The van der Waals surface area contributed by atoms with Crippen LogP contribution in [0.2, 0.25) is 0 Å². The predicted molar refractivity (Wildman–Crippen MR) is 57.5 cm³/mol. The maximum Gasteiger partial charge on any atom is 0.471 e. The van der Waals surface area contributed by atoms with Gasteiger partial charge in [0.15, 0.2) is 0 Å². The molecule has 0 saturated heterocycles. The van der Waals surface area contributed by atoms with E-state index in [9.17, 15) is 4.57 Å². The Balaban J connectivity index is 0.000000265. The molecule has 1 aromatic heterocycles. The van der Waals surface area contributed by atoms with Gasteiger partial charge in [-0.05, 0) is 18.6 Å². The molecule has 0 aliphatic rings. The van der Waals surface area contributed by atoms with Crippen molar-refractivity contribution in [3.63, 3.8) is 0 Å². The third kappa shape index (κ3) is 7.22. The van der Waals surface area contributed by atoms with Crippen LogP contribution in [0.15, 0.2) is 24.4 Å². The molecule has 0 fully saturated rings. The zero-order valence-electron chi connectivity index (χ0n) is 9.08. The molecular weight excluding hydrogens is 217 g/mol. The molecule has 86 valence electrons. The van der Waals surface area contributed by atoms with Crippen molar-refractivity contribution in [3.8, 4) is 0 Å². The lowest BCUT2D eigenvalue weighted by Crippen LogP contribution is -1.83. The summed E-state index contributed by atoms with van der Waals surface area (Å²) < 4.78 is 18.0. The molecule has 0 unspecified atom stereocenters. The van der Waals surface area contributed by atoms with Crippen molar-refractivity contribution < 1.29 is 18.5 Å². The highest BCUT2D eigenvalue weighted by atomic mass is 31.2. The minimum atomic E-state index is -3.65. The number of nitrogens with zero attached hydrogens (tertiary/aromatic N) is 1. The van der Waals surface area contributed by atoms with Crippen molar-refractivity contribution in [1.29, 1.82) is 0 Å². The Hall–Kier alpha value is -0.740. The second-order valence-electron chi connectivity index (χ2n) is 2.51. The number of hydrogen-bond donors (Lipinski definition) is 1. The fraction of sp³-hybridized carbons (Fsp3) is 0.444. The lowest BCUT2D eigenvalue weighted by atomic mass is 10.3. The van der Waals surface area contributed by atoms with Gasteiger partial charge in [-0.25, -0.2) is 4.57 Å². The van der Waals surface area contributed by atoms with Crippen LogP contribution >= 0.6 is 7.82 Å². The summed E-state index contributed by atoms with van der Waals surface area (Å²) in [6.07, 6.45) is 2.85. The highest BCUT2D eigenvalue weighted by molar-refractivity contribution is 7.47. The smallest absolute Gasteiger partial charge is 0.303 e. The maximum atomic E-state index is 10.1. The normalized spacial score (nSPS) is 10.4. The average Bonchev–Trinajstić information content (AvgIpc) is 2.31. The highest BCUT2D eigenvalue weighted by Crippen LogP contribution is 2.40. The molecule has 0 aliphatic heterocycles. The van der Waals surface area contributed by atoms with Gasteiger partial charge in [0.2, 0.25) is 0 Å². The summed E-state index contributed by atoms with van der Waals surface area (Å²) in [5.74, 6) is 0. The molecule has 5 nitrogen and oxygen atoms in total. The summed E-state index contributed by atoms with van der Waals surface area (Å²) in [6.45, 7) is 2.10. The Morgan fingerprint density at radius 2 is 2.00 bits per heavy atom. The molecule has 1 heterocycles. The van der Waals surface area contributed by atoms with Crippen LogP contribution in [0, 0.1) is 0 Å². The Labute approximate surface area is 89.7 Å². The minimum Gasteiger partial charge on any atom is -0.303 e. The van der Waals surface area contributed by atoms with E-state index >= 15 is 0 Å². The summed E-state index contributed by atoms with van der Waals surface area (Å²) >= 11 is 0. The summed E-state index contributed by atoms with van der Waals surface area (Å²) in [4.78, 5) is 12.3. The number of hydrogen-bond acceptors (Lipinski definition) is 4. The van der Waals surface area contributed by atoms with Crippen LogP contribution < -0.4 is 0 Å². The van der Waals surface area contributed by atoms with Crippen LogP contribution in [0.25, 0.3) is 0 Å². The Morgan fingerprint density at radius 3 is 2.20 bits per heavy atom. The molecule has 0 aliphatic carbocycles. The Kier molecular flexibility index (Phi) is 7.17. The number of aryl methyl sites for hydroxylation is 1. The number of phosphoric ester groups is 1. The molecule has 0 aromatic carbocycles. The summed E-state index contributed by atoms with van der Waals surface area (Å²) in [5.41, 5.74) is 1.16. The average molecular weight is 233 g/mol. The monoisotopic (exact) mass is 233 g/mol. The SMILES string of the molecule is CCc1ccccn1.COP(=O)(O)OC. The van der Waals surface area contributed by atoms with E-state index in [1.807, 2.05) is 24.4 Å². The van der Waals surface area contributed by atoms with Crippen LogP contribution in [0.4, 0.5) is 0 Å². The minimum absolute atomic E-state index is 1.03. The standard InChI is InChI=1S/C7H9N.C2H7O4P/c1-2-7-5-3-4-6-8-7;1-5-7(3,4)6-2/h3-6H,2H2,1H3;1-2H3,(H,3,4). The van der Waals surface area contributed by atoms with Gasteiger partial charge in [0.25, 0.3) is 0 Å². The molecule has 0 amide bonds. The van der Waals surface area contributed by atoms with Gasteiger partial charge >= 0.3 is 7.82 Å². The van der Waals surface area contributed by atoms with Crippen molar-refractivity contribution in [3.05, 3.63) is 30.1 Å². The molecule has 0 saturated carbocycles. The lowest BCUT2D eigenvalue weighted by Gasteiger charge is -2.01. The third-order valence-corrected chi connectivity index (χ3v) is 2.47. The first-order chi connectivity index (χ1) is 7.05. The van der Waals surface area contributed by atoms with E-state index in [0.717, 1.165) is 26.3 Å². The fourth-order valence-electron chi connectivity index (χ4n) is 0.682. The lowest BCUT2D eigenvalue weighted by molar-refractivity contribution is 0.204. The maximum absolute atomic E-state index is 10.1. The van der Waals surface area contributed by atoms with Crippen molar-refractivity contribution >= 4 is 7.82 Å². The van der Waals surface area contributed by atoms with Gasteiger partial charge < -0.3 is 4.89 Å². The quantitative estimate of drug-likeness (QED) is 0.809. The summed E-state index contributed by atoms with van der Waals surface area (Å²) in [5, 5.41) is 0. The van der Waals surface area contributed by atoms with E-state index < -0.39 is 7.82 Å². The van der Waals surface area contributed by atoms with E-state index in [2.05, 4.69) is 21.0 Å². The number of aromatic nitrogens is 1. The summed E-state index contributed by atoms with van der Waals surface area (Å²) in [6, 6.07) is 5.96. The number of pyridine rings is 1. The molecule has 1 aromatic rings. The van der Waals surface area contributed by atoms with E-state index in [4.69, 9.17) is 4.89 Å². The molecule has 15 heavy (non-hydrogen) atoms. The zero-order chi connectivity index (χ0) is 11.7. The van der Waals surface area contributed by atoms with Crippen LogP contribution in [0.5, 0.6) is 0 Å². The molecule has 0 atom stereocenters. The van der Waals surface area contributed by atoms with Crippen molar-refractivity contribution in [2.45, 2.75) is 13.3 Å². The van der Waals surface area contributed by atoms with E-state index in [0.29, 0.717) is 0 Å². The number of phosphoric acid groups is 1. The van der Waals surface area contributed by atoms with Crippen molar-refractivity contribution in [1.82, 2.24) is 4.98 Å². The van der Waals surface area contributed by atoms with Gasteiger partial charge in [0.1, 0.15) is 0 Å². The summed E-state index contributed by atoms with van der Waals surface area (Å²) in [7, 11) is -1.45.